The van der Waals surface area contributed by atoms with E-state index in [9.17, 15) is 8.42 Å². The lowest BCUT2D eigenvalue weighted by atomic mass is 10.1. The molecule has 21 heavy (non-hydrogen) atoms. The van der Waals surface area contributed by atoms with Crippen LogP contribution in [-0.2, 0) is 14.9 Å². The number of hydrogen-bond acceptors (Lipinski definition) is 4. The molecular weight excluding hydrogens is 290 g/mol. The zero-order chi connectivity index (χ0) is 15.9. The fourth-order valence-electron chi connectivity index (χ4n) is 2.60. The highest BCUT2D eigenvalue weighted by Gasteiger charge is 2.33. The van der Waals surface area contributed by atoms with Gasteiger partial charge in [0, 0.05) is 31.8 Å². The third-order valence-electron chi connectivity index (χ3n) is 3.93. The SMILES string of the molecule is CCOCC(NS(=O)(=O)N1CCCCC1CNC)C(C)C. The van der Waals surface area contributed by atoms with Crippen LogP contribution in [0.15, 0.2) is 0 Å². The van der Waals surface area contributed by atoms with Gasteiger partial charge in [0.15, 0.2) is 0 Å². The van der Waals surface area contributed by atoms with Crippen molar-refractivity contribution >= 4 is 10.2 Å². The summed E-state index contributed by atoms with van der Waals surface area (Å²) in [6, 6.07) is -0.145. The molecule has 1 rings (SSSR count). The summed E-state index contributed by atoms with van der Waals surface area (Å²) in [6.45, 7) is 8.23. The van der Waals surface area contributed by atoms with Crippen molar-refractivity contribution in [1.29, 1.82) is 0 Å². The number of nitrogens with one attached hydrogen (secondary N) is 2. The minimum absolute atomic E-state index is 0.0427. The Kier molecular flexibility index (Phi) is 8.12. The number of likely N-dealkylation sites (N-methyl/N-ethyl adjacent to an activating group) is 1. The van der Waals surface area contributed by atoms with E-state index in [2.05, 4.69) is 10.0 Å². The van der Waals surface area contributed by atoms with Crippen LogP contribution >= 0.6 is 0 Å². The zero-order valence-electron chi connectivity index (χ0n) is 13.8. The average Bonchev–Trinajstić information content (AvgIpc) is 2.44. The maximum absolute atomic E-state index is 12.7. The first-order valence-electron chi connectivity index (χ1n) is 7.93. The van der Waals surface area contributed by atoms with E-state index in [1.54, 1.807) is 4.31 Å². The molecule has 0 bridgehead atoms. The van der Waals surface area contributed by atoms with Gasteiger partial charge < -0.3 is 10.1 Å². The molecule has 1 aliphatic heterocycles. The van der Waals surface area contributed by atoms with Gasteiger partial charge in [-0.25, -0.2) is 0 Å². The maximum atomic E-state index is 12.7. The van der Waals surface area contributed by atoms with E-state index in [0.29, 0.717) is 26.3 Å². The molecular formula is C14H31N3O3S. The van der Waals surface area contributed by atoms with Crippen molar-refractivity contribution in [2.24, 2.45) is 5.92 Å². The molecule has 0 spiro atoms. The molecule has 2 N–H and O–H groups in total. The number of nitrogens with zero attached hydrogens (tertiary/aromatic N) is 1. The Morgan fingerprint density at radius 3 is 2.62 bits per heavy atom. The summed E-state index contributed by atoms with van der Waals surface area (Å²) in [4.78, 5) is 0. The molecule has 2 atom stereocenters. The summed E-state index contributed by atoms with van der Waals surface area (Å²) in [5.74, 6) is 0.193. The van der Waals surface area contributed by atoms with Crippen LogP contribution in [0.5, 0.6) is 0 Å². The average molecular weight is 321 g/mol. The van der Waals surface area contributed by atoms with Crippen LogP contribution in [0.3, 0.4) is 0 Å². The fraction of sp³-hybridized carbons (Fsp3) is 1.00. The maximum Gasteiger partial charge on any atom is 0.280 e. The first-order chi connectivity index (χ1) is 9.92. The molecule has 0 aliphatic carbocycles. The number of piperidine rings is 1. The Morgan fingerprint density at radius 2 is 2.05 bits per heavy atom. The Morgan fingerprint density at radius 1 is 1.33 bits per heavy atom. The molecule has 0 radical (unpaired) electrons. The van der Waals surface area contributed by atoms with Gasteiger partial charge >= 0.3 is 0 Å². The van der Waals surface area contributed by atoms with E-state index in [4.69, 9.17) is 4.74 Å². The van der Waals surface area contributed by atoms with E-state index < -0.39 is 10.2 Å². The minimum atomic E-state index is -3.47. The lowest BCUT2D eigenvalue weighted by molar-refractivity contribution is 0.114. The predicted octanol–water partition coefficient (Wildman–Crippen LogP) is 0.956. The van der Waals surface area contributed by atoms with Gasteiger partial charge in [-0.05, 0) is 32.7 Å². The quantitative estimate of drug-likeness (QED) is 0.663. The van der Waals surface area contributed by atoms with Gasteiger partial charge in [-0.2, -0.15) is 17.4 Å². The number of rotatable bonds is 9. The normalized spacial score (nSPS) is 22.6. The Labute approximate surface area is 129 Å². The summed E-state index contributed by atoms with van der Waals surface area (Å²) in [6.07, 6.45) is 2.93. The molecule has 0 saturated carbocycles. The van der Waals surface area contributed by atoms with Crippen LogP contribution in [0.4, 0.5) is 0 Å². The van der Waals surface area contributed by atoms with Crippen molar-refractivity contribution in [3.63, 3.8) is 0 Å². The highest BCUT2D eigenvalue weighted by Crippen LogP contribution is 2.20. The monoisotopic (exact) mass is 321 g/mol. The zero-order valence-corrected chi connectivity index (χ0v) is 14.6. The fourth-order valence-corrected chi connectivity index (χ4v) is 4.40. The Hall–Kier alpha value is -0.210. The second-order valence-electron chi connectivity index (χ2n) is 5.95. The number of hydrogen-bond donors (Lipinski definition) is 2. The largest absolute Gasteiger partial charge is 0.380 e. The Bertz CT molecular complexity index is 385. The molecule has 7 heteroatoms. The molecule has 0 aromatic carbocycles. The van der Waals surface area contributed by atoms with Crippen molar-refractivity contribution in [2.75, 3.05) is 33.4 Å². The number of ether oxygens (including phenoxy) is 1. The molecule has 2 unspecified atom stereocenters. The summed E-state index contributed by atoms with van der Waals surface area (Å²) < 4.78 is 35.2. The van der Waals surface area contributed by atoms with Crippen LogP contribution in [0, 0.1) is 5.92 Å². The van der Waals surface area contributed by atoms with Crippen LogP contribution in [-0.4, -0.2) is 58.2 Å². The van der Waals surface area contributed by atoms with Gasteiger partial charge in [-0.3, -0.25) is 0 Å². The molecule has 0 aromatic rings. The van der Waals surface area contributed by atoms with Gasteiger partial charge in [0.1, 0.15) is 0 Å². The van der Waals surface area contributed by atoms with Crippen molar-refractivity contribution in [1.82, 2.24) is 14.3 Å². The topological polar surface area (TPSA) is 70.7 Å². The van der Waals surface area contributed by atoms with E-state index >= 15 is 0 Å². The van der Waals surface area contributed by atoms with Gasteiger partial charge in [-0.15, -0.1) is 0 Å². The highest BCUT2D eigenvalue weighted by molar-refractivity contribution is 7.87. The highest BCUT2D eigenvalue weighted by atomic mass is 32.2. The van der Waals surface area contributed by atoms with Crippen molar-refractivity contribution < 1.29 is 13.2 Å². The van der Waals surface area contributed by atoms with Crippen LogP contribution in [0.25, 0.3) is 0 Å². The molecule has 6 nitrogen and oxygen atoms in total. The van der Waals surface area contributed by atoms with Crippen molar-refractivity contribution in [3.8, 4) is 0 Å². The minimum Gasteiger partial charge on any atom is -0.380 e. The van der Waals surface area contributed by atoms with E-state index in [-0.39, 0.29) is 18.0 Å². The van der Waals surface area contributed by atoms with Gasteiger partial charge in [0.05, 0.1) is 6.61 Å². The molecule has 0 amide bonds. The second kappa shape index (κ2) is 9.05. The van der Waals surface area contributed by atoms with Crippen LogP contribution < -0.4 is 10.0 Å². The summed E-state index contributed by atoms with van der Waals surface area (Å²) >= 11 is 0. The summed E-state index contributed by atoms with van der Waals surface area (Å²) in [7, 11) is -1.61. The smallest absolute Gasteiger partial charge is 0.280 e. The Balaban J connectivity index is 2.76. The lowest BCUT2D eigenvalue weighted by Gasteiger charge is -2.36. The lowest BCUT2D eigenvalue weighted by Crippen LogP contribution is -2.55. The van der Waals surface area contributed by atoms with E-state index in [1.807, 2.05) is 27.8 Å². The van der Waals surface area contributed by atoms with Crippen LogP contribution in [0.2, 0.25) is 0 Å². The second-order valence-corrected chi connectivity index (χ2v) is 7.61. The first kappa shape index (κ1) is 18.8. The van der Waals surface area contributed by atoms with Crippen molar-refractivity contribution in [2.45, 2.75) is 52.1 Å². The van der Waals surface area contributed by atoms with Crippen LogP contribution in [0.1, 0.15) is 40.0 Å². The molecule has 1 aliphatic rings. The molecule has 126 valence electrons. The third-order valence-corrected chi connectivity index (χ3v) is 5.63. The first-order valence-corrected chi connectivity index (χ1v) is 9.37. The summed E-state index contributed by atoms with van der Waals surface area (Å²) in [5.41, 5.74) is 0. The van der Waals surface area contributed by atoms with E-state index in [1.165, 1.54) is 0 Å². The van der Waals surface area contributed by atoms with Crippen molar-refractivity contribution in [3.05, 3.63) is 0 Å². The standard InChI is InChI=1S/C14H31N3O3S/c1-5-20-11-14(12(2)3)16-21(18,19)17-9-7-6-8-13(17)10-15-4/h12-16H,5-11H2,1-4H3. The van der Waals surface area contributed by atoms with Gasteiger partial charge in [-0.1, -0.05) is 20.3 Å². The predicted molar refractivity (Wildman–Crippen MR) is 85.4 cm³/mol. The molecule has 0 aromatic heterocycles. The third kappa shape index (κ3) is 5.83. The molecule has 1 heterocycles. The van der Waals surface area contributed by atoms with E-state index in [0.717, 1.165) is 19.3 Å². The van der Waals surface area contributed by atoms with Gasteiger partial charge in [0.25, 0.3) is 10.2 Å². The molecule has 1 saturated heterocycles. The summed E-state index contributed by atoms with van der Waals surface area (Å²) in [5, 5.41) is 3.09. The van der Waals surface area contributed by atoms with Gasteiger partial charge in [0.2, 0.25) is 0 Å². The molecule has 1 fully saturated rings.